The lowest BCUT2D eigenvalue weighted by Crippen LogP contribution is -2.49. The summed E-state index contributed by atoms with van der Waals surface area (Å²) in [6.45, 7) is 4.54. The Hall–Kier alpha value is -2.51. The van der Waals surface area contributed by atoms with Gasteiger partial charge in [-0.15, -0.1) is 0 Å². The van der Waals surface area contributed by atoms with Gasteiger partial charge in [0.05, 0.1) is 6.54 Å². The molecule has 0 spiro atoms. The molecule has 1 aliphatic rings. The molecular weight excluding hydrogens is 352 g/mol. The number of nitrogens with one attached hydrogen (secondary N) is 1. The average Bonchev–Trinajstić information content (AvgIpc) is 2.65. The number of para-hydroxylation sites is 1. The van der Waals surface area contributed by atoms with E-state index in [9.17, 15) is 13.6 Å². The summed E-state index contributed by atoms with van der Waals surface area (Å²) in [6, 6.07) is 12.2. The van der Waals surface area contributed by atoms with Gasteiger partial charge in [-0.25, -0.2) is 8.78 Å². The summed E-state index contributed by atoms with van der Waals surface area (Å²) in [5.74, 6) is -0.618. The topological polar surface area (TPSA) is 44.8 Å². The van der Waals surface area contributed by atoms with Crippen molar-refractivity contribution in [2.24, 2.45) is 0 Å². The second kappa shape index (κ2) is 9.43. The van der Waals surface area contributed by atoms with Crippen LogP contribution in [-0.4, -0.2) is 61.6 Å². The SMILES string of the molecule is O=C(CN1CCN(CCOc2ccccc2F)CC1)Nc1cccc(F)c1. The van der Waals surface area contributed by atoms with Crippen LogP contribution < -0.4 is 10.1 Å². The fraction of sp³-hybridized carbons (Fsp3) is 0.350. The highest BCUT2D eigenvalue weighted by molar-refractivity contribution is 5.92. The molecule has 144 valence electrons. The number of carbonyl (C=O) groups excluding carboxylic acids is 1. The van der Waals surface area contributed by atoms with E-state index in [1.165, 1.54) is 18.2 Å². The van der Waals surface area contributed by atoms with Gasteiger partial charge in [0.25, 0.3) is 0 Å². The van der Waals surface area contributed by atoms with Crippen LogP contribution in [0.25, 0.3) is 0 Å². The summed E-state index contributed by atoms with van der Waals surface area (Å²) in [7, 11) is 0. The second-order valence-electron chi connectivity index (χ2n) is 6.46. The summed E-state index contributed by atoms with van der Waals surface area (Å²) in [5, 5.41) is 2.71. The molecular formula is C20H23F2N3O2. The average molecular weight is 375 g/mol. The number of nitrogens with zero attached hydrogens (tertiary/aromatic N) is 2. The van der Waals surface area contributed by atoms with Gasteiger partial charge in [0.15, 0.2) is 11.6 Å². The highest BCUT2D eigenvalue weighted by Gasteiger charge is 2.19. The van der Waals surface area contributed by atoms with Crippen LogP contribution in [0.4, 0.5) is 14.5 Å². The summed E-state index contributed by atoms with van der Waals surface area (Å²) in [6.07, 6.45) is 0. The predicted octanol–water partition coefficient (Wildman–Crippen LogP) is 2.60. The second-order valence-corrected chi connectivity index (χ2v) is 6.46. The van der Waals surface area contributed by atoms with Gasteiger partial charge in [0.2, 0.25) is 5.91 Å². The van der Waals surface area contributed by atoms with Gasteiger partial charge in [-0.05, 0) is 30.3 Å². The molecule has 2 aromatic rings. The van der Waals surface area contributed by atoms with E-state index in [-0.39, 0.29) is 29.8 Å². The Morgan fingerprint density at radius 1 is 1.00 bits per heavy atom. The van der Waals surface area contributed by atoms with Crippen molar-refractivity contribution in [3.8, 4) is 5.75 Å². The number of benzene rings is 2. The van der Waals surface area contributed by atoms with Gasteiger partial charge in [-0.1, -0.05) is 18.2 Å². The Balaban J connectivity index is 1.35. The van der Waals surface area contributed by atoms with Crippen LogP contribution in [0.2, 0.25) is 0 Å². The zero-order valence-electron chi connectivity index (χ0n) is 15.0. The van der Waals surface area contributed by atoms with Crippen LogP contribution >= 0.6 is 0 Å². The maximum absolute atomic E-state index is 13.5. The molecule has 1 N–H and O–H groups in total. The fourth-order valence-corrected chi connectivity index (χ4v) is 2.99. The highest BCUT2D eigenvalue weighted by atomic mass is 19.1. The lowest BCUT2D eigenvalue weighted by molar-refractivity contribution is -0.117. The van der Waals surface area contributed by atoms with Crippen LogP contribution in [0.15, 0.2) is 48.5 Å². The normalized spacial score (nSPS) is 15.5. The van der Waals surface area contributed by atoms with Crippen LogP contribution in [-0.2, 0) is 4.79 Å². The van der Waals surface area contributed by atoms with Crippen molar-refractivity contribution >= 4 is 11.6 Å². The van der Waals surface area contributed by atoms with Crippen molar-refractivity contribution in [2.45, 2.75) is 0 Å². The zero-order valence-corrected chi connectivity index (χ0v) is 15.0. The number of amides is 1. The zero-order chi connectivity index (χ0) is 19.1. The summed E-state index contributed by atoms with van der Waals surface area (Å²) < 4.78 is 32.1. The van der Waals surface area contributed by atoms with E-state index in [2.05, 4.69) is 15.1 Å². The van der Waals surface area contributed by atoms with Gasteiger partial charge in [-0.2, -0.15) is 0 Å². The van der Waals surface area contributed by atoms with E-state index < -0.39 is 0 Å². The molecule has 0 bridgehead atoms. The molecule has 0 atom stereocenters. The molecule has 0 aliphatic carbocycles. The van der Waals surface area contributed by atoms with Gasteiger partial charge < -0.3 is 10.1 Å². The Morgan fingerprint density at radius 3 is 2.48 bits per heavy atom. The number of anilines is 1. The predicted molar refractivity (Wildman–Crippen MR) is 99.8 cm³/mol. The maximum atomic E-state index is 13.5. The maximum Gasteiger partial charge on any atom is 0.238 e. The molecule has 27 heavy (non-hydrogen) atoms. The smallest absolute Gasteiger partial charge is 0.238 e. The third kappa shape index (κ3) is 6.01. The molecule has 1 amide bonds. The number of ether oxygens (including phenoxy) is 1. The summed E-state index contributed by atoms with van der Waals surface area (Å²) in [4.78, 5) is 16.4. The summed E-state index contributed by atoms with van der Waals surface area (Å²) in [5.41, 5.74) is 0.462. The van der Waals surface area contributed by atoms with Crippen molar-refractivity contribution < 1.29 is 18.3 Å². The molecule has 1 saturated heterocycles. The monoisotopic (exact) mass is 375 g/mol. The minimum atomic E-state index is -0.376. The molecule has 5 nitrogen and oxygen atoms in total. The number of rotatable bonds is 7. The quantitative estimate of drug-likeness (QED) is 0.808. The fourth-order valence-electron chi connectivity index (χ4n) is 2.99. The Bertz CT molecular complexity index is 764. The van der Waals surface area contributed by atoms with Crippen molar-refractivity contribution in [1.82, 2.24) is 9.80 Å². The molecule has 3 rings (SSSR count). The van der Waals surface area contributed by atoms with E-state index in [1.807, 2.05) is 0 Å². The first-order chi connectivity index (χ1) is 13.1. The largest absolute Gasteiger partial charge is 0.489 e. The number of halogens is 2. The lowest BCUT2D eigenvalue weighted by Gasteiger charge is -2.34. The molecule has 0 aromatic heterocycles. The molecule has 0 radical (unpaired) electrons. The third-order valence-corrected chi connectivity index (χ3v) is 4.44. The molecule has 1 heterocycles. The Labute approximate surface area is 157 Å². The van der Waals surface area contributed by atoms with E-state index >= 15 is 0 Å². The van der Waals surface area contributed by atoms with E-state index in [0.717, 1.165) is 26.2 Å². The van der Waals surface area contributed by atoms with Crippen LogP contribution in [0.1, 0.15) is 0 Å². The number of piperazine rings is 1. The summed E-state index contributed by atoms with van der Waals surface area (Å²) >= 11 is 0. The third-order valence-electron chi connectivity index (χ3n) is 4.44. The highest BCUT2D eigenvalue weighted by Crippen LogP contribution is 2.15. The van der Waals surface area contributed by atoms with Crippen molar-refractivity contribution in [1.29, 1.82) is 0 Å². The van der Waals surface area contributed by atoms with E-state index in [4.69, 9.17) is 4.74 Å². The number of hydrogen-bond donors (Lipinski definition) is 1. The molecule has 1 fully saturated rings. The van der Waals surface area contributed by atoms with Gasteiger partial charge in [0.1, 0.15) is 12.4 Å². The van der Waals surface area contributed by atoms with Crippen LogP contribution in [0.5, 0.6) is 5.75 Å². The van der Waals surface area contributed by atoms with Gasteiger partial charge in [-0.3, -0.25) is 14.6 Å². The van der Waals surface area contributed by atoms with Crippen LogP contribution in [0.3, 0.4) is 0 Å². The number of carbonyl (C=O) groups is 1. The van der Waals surface area contributed by atoms with Crippen LogP contribution in [0, 0.1) is 11.6 Å². The Kier molecular flexibility index (Phi) is 6.73. The minimum absolute atomic E-state index is 0.156. The first-order valence-electron chi connectivity index (χ1n) is 8.97. The first-order valence-corrected chi connectivity index (χ1v) is 8.97. The lowest BCUT2D eigenvalue weighted by atomic mass is 10.3. The molecule has 2 aromatic carbocycles. The van der Waals surface area contributed by atoms with Crippen molar-refractivity contribution in [3.05, 3.63) is 60.2 Å². The molecule has 0 saturated carbocycles. The Morgan fingerprint density at radius 2 is 1.74 bits per heavy atom. The van der Waals surface area contributed by atoms with Gasteiger partial charge in [0, 0.05) is 38.4 Å². The molecule has 7 heteroatoms. The van der Waals surface area contributed by atoms with E-state index in [1.54, 1.807) is 30.3 Å². The van der Waals surface area contributed by atoms with Gasteiger partial charge >= 0.3 is 0 Å². The molecule has 0 unspecified atom stereocenters. The minimum Gasteiger partial charge on any atom is -0.489 e. The van der Waals surface area contributed by atoms with Crippen molar-refractivity contribution in [3.63, 3.8) is 0 Å². The molecule has 1 aliphatic heterocycles. The van der Waals surface area contributed by atoms with E-state index in [0.29, 0.717) is 18.8 Å². The standard InChI is InChI=1S/C20H23F2N3O2/c21-16-4-3-5-17(14-16)23-20(26)15-25-10-8-24(9-11-25)12-13-27-19-7-2-1-6-18(19)22/h1-7,14H,8-13,15H2,(H,23,26). The first kappa shape index (κ1) is 19.3. The number of hydrogen-bond acceptors (Lipinski definition) is 4. The van der Waals surface area contributed by atoms with Crippen molar-refractivity contribution in [2.75, 3.05) is 51.2 Å².